The molecule has 0 spiro atoms. The zero-order valence-corrected chi connectivity index (χ0v) is 52.9. The highest BCUT2D eigenvalue weighted by molar-refractivity contribution is 6.13. The largest absolute Gasteiger partial charge is 0.481 e. The van der Waals surface area contributed by atoms with Gasteiger partial charge in [0.05, 0.1) is 65.1 Å². The Bertz CT molecular complexity index is 4250. The fourth-order valence-corrected chi connectivity index (χ4v) is 11.9. The summed E-state index contributed by atoms with van der Waals surface area (Å²) in [6, 6.07) is 52.8. The predicted octanol–water partition coefficient (Wildman–Crippen LogP) is 14.2. The third-order valence-electron chi connectivity index (χ3n) is 15.9. The number of nitrogens with zero attached hydrogens (tertiary/aromatic N) is 6. The summed E-state index contributed by atoms with van der Waals surface area (Å²) in [4.78, 5) is 70.6. The monoisotopic (exact) mass is 1280 g/mol. The molecule has 0 aliphatic carbocycles. The number of ether oxygens (including phenoxy) is 1. The smallest absolute Gasteiger partial charge is 0.308 e. The van der Waals surface area contributed by atoms with Crippen molar-refractivity contribution in [2.24, 2.45) is 0 Å². The molecule has 19 nitrogen and oxygen atoms in total. The number of esters is 1. The van der Waals surface area contributed by atoms with E-state index in [1.54, 1.807) is 60.9 Å². The van der Waals surface area contributed by atoms with E-state index < -0.39 is 48.6 Å². The number of rotatable bonds is 24. The number of hydrogen-bond acceptors (Lipinski definition) is 14. The predicted molar refractivity (Wildman–Crippen MR) is 361 cm³/mol. The van der Waals surface area contributed by atoms with Crippen LogP contribution >= 0.6 is 0 Å². The van der Waals surface area contributed by atoms with E-state index in [-0.39, 0.29) is 55.3 Å². The maximum Gasteiger partial charge on any atom is 0.308 e. The summed E-state index contributed by atoms with van der Waals surface area (Å²) >= 11 is 0. The SMILES string of the molecule is CC(C)c1c(C(=O)Nc2ccccc2)c(-c2ccnc(Nc3ccccc3)n2)c(-c2ccc(F)cc2)n1CC[C@@H](O)C[C@@H](O)CC(=O)O.CC(C)c1c(C(=O)Nc2ccccc2)c(-c2ccnc(Nc3ccccc3)n2)c(-c2ccc(F)cc2)n1CC[C@@H]1C[C@@H](O)CC(=O)O1. The van der Waals surface area contributed by atoms with Crippen LogP contribution < -0.4 is 21.3 Å². The van der Waals surface area contributed by atoms with E-state index in [2.05, 4.69) is 31.2 Å². The molecule has 1 aliphatic rings. The van der Waals surface area contributed by atoms with Gasteiger partial charge in [-0.15, -0.1) is 0 Å². The lowest BCUT2D eigenvalue weighted by molar-refractivity contribution is -0.160. The number of hydrogen-bond donors (Lipinski definition) is 8. The molecular formula is C74H74F2N10O9. The van der Waals surface area contributed by atoms with Crippen LogP contribution in [-0.4, -0.2) is 97.7 Å². The highest BCUT2D eigenvalue weighted by Crippen LogP contribution is 2.45. The van der Waals surface area contributed by atoms with Crippen LogP contribution in [0.4, 0.5) is 43.4 Å². The van der Waals surface area contributed by atoms with Crippen LogP contribution in [0.25, 0.3) is 45.0 Å². The third-order valence-corrected chi connectivity index (χ3v) is 15.9. The van der Waals surface area contributed by atoms with Crippen molar-refractivity contribution in [2.75, 3.05) is 21.3 Å². The van der Waals surface area contributed by atoms with Gasteiger partial charge in [0, 0.05) is 83.6 Å². The van der Waals surface area contributed by atoms with Crippen LogP contribution in [0.5, 0.6) is 0 Å². The van der Waals surface area contributed by atoms with Crippen molar-refractivity contribution in [1.82, 2.24) is 29.1 Å². The van der Waals surface area contributed by atoms with E-state index in [0.717, 1.165) is 17.1 Å². The molecule has 1 saturated heterocycles. The van der Waals surface area contributed by atoms with Crippen LogP contribution in [0, 0.1) is 11.6 Å². The van der Waals surface area contributed by atoms with E-state index >= 15 is 0 Å². The number of carboxylic acid groups (broad SMARTS) is 1. The quantitative estimate of drug-likeness (QED) is 0.0261. The van der Waals surface area contributed by atoms with Crippen molar-refractivity contribution >= 4 is 58.4 Å². The zero-order chi connectivity index (χ0) is 67.1. The molecule has 1 fully saturated rings. The van der Waals surface area contributed by atoms with Gasteiger partial charge in [0.2, 0.25) is 11.9 Å². The highest BCUT2D eigenvalue weighted by atomic mass is 19.1. The van der Waals surface area contributed by atoms with E-state index in [1.165, 1.54) is 24.3 Å². The molecule has 4 atom stereocenters. The fraction of sp³-hybridized carbons (Fsp3) is 0.243. The lowest BCUT2D eigenvalue weighted by Gasteiger charge is -2.27. The molecule has 4 aromatic heterocycles. The third kappa shape index (κ3) is 17.1. The molecule has 6 aromatic carbocycles. The number of carboxylic acids is 1. The van der Waals surface area contributed by atoms with Gasteiger partial charge < -0.3 is 55.6 Å². The number of aromatic nitrogens is 6. The van der Waals surface area contributed by atoms with E-state index in [4.69, 9.17) is 19.8 Å². The molecule has 0 saturated carbocycles. The molecule has 21 heteroatoms. The number of nitrogens with one attached hydrogen (secondary N) is 4. The molecule has 0 radical (unpaired) electrons. The average molecular weight is 1290 g/mol. The first-order chi connectivity index (χ1) is 45.9. The Balaban J connectivity index is 0.000000207. The Morgan fingerprint density at radius 2 is 0.979 bits per heavy atom. The zero-order valence-electron chi connectivity index (χ0n) is 52.9. The van der Waals surface area contributed by atoms with Gasteiger partial charge in [0.25, 0.3) is 11.8 Å². The van der Waals surface area contributed by atoms with Crippen molar-refractivity contribution in [3.63, 3.8) is 0 Å². The van der Waals surface area contributed by atoms with Crippen LogP contribution in [0.1, 0.15) is 110 Å². The van der Waals surface area contributed by atoms with Crippen LogP contribution in [0.3, 0.4) is 0 Å². The number of para-hydroxylation sites is 4. The molecule has 11 rings (SSSR count). The van der Waals surface area contributed by atoms with Crippen LogP contribution in [-0.2, 0) is 27.4 Å². The number of aliphatic carboxylic acids is 1. The highest BCUT2D eigenvalue weighted by Gasteiger charge is 2.35. The van der Waals surface area contributed by atoms with Gasteiger partial charge >= 0.3 is 11.9 Å². The summed E-state index contributed by atoms with van der Waals surface area (Å²) in [6.07, 6.45) is -0.0768. The maximum atomic E-state index is 14.4. The number of halogens is 2. The Hall–Kier alpha value is -10.7. The molecule has 1 aliphatic heterocycles. The number of anilines is 6. The number of carbonyl (C=O) groups excluding carboxylic acids is 3. The first kappa shape index (κ1) is 67.2. The van der Waals surface area contributed by atoms with E-state index in [0.29, 0.717) is 105 Å². The number of aliphatic hydroxyl groups is 3. The Labute approximate surface area is 548 Å². The molecule has 95 heavy (non-hydrogen) atoms. The van der Waals surface area contributed by atoms with Crippen LogP contribution in [0.15, 0.2) is 194 Å². The second-order valence-electron chi connectivity index (χ2n) is 23.7. The second-order valence-corrected chi connectivity index (χ2v) is 23.7. The molecule has 0 unspecified atom stereocenters. The maximum absolute atomic E-state index is 14.4. The van der Waals surface area contributed by atoms with Gasteiger partial charge in [0.1, 0.15) is 17.7 Å². The normalized spacial score (nSPS) is 14.3. The second kappa shape index (κ2) is 31.3. The molecule has 5 heterocycles. The van der Waals surface area contributed by atoms with Gasteiger partial charge in [-0.25, -0.2) is 28.7 Å². The van der Waals surface area contributed by atoms with Gasteiger partial charge in [-0.1, -0.05) is 100 Å². The fourth-order valence-electron chi connectivity index (χ4n) is 11.9. The lowest BCUT2D eigenvalue weighted by atomic mass is 9.97. The minimum absolute atomic E-state index is 0.0287. The van der Waals surface area contributed by atoms with Gasteiger partial charge in [0.15, 0.2) is 0 Å². The number of aliphatic hydroxyl groups excluding tert-OH is 3. The van der Waals surface area contributed by atoms with Crippen molar-refractivity contribution in [3.05, 3.63) is 229 Å². The minimum atomic E-state index is -1.22. The number of benzene rings is 6. The first-order valence-corrected chi connectivity index (χ1v) is 31.4. The summed E-state index contributed by atoms with van der Waals surface area (Å²) in [6.45, 7) is 8.49. The standard InChI is InChI=1S/C37H38FN5O5.C37H36FN5O4/c1-23(2)34-33(36(48)40-26-9-5-3-6-10-26)32(30-17-19-39-37(42-30)41-27-11-7-4-8-12-27)35(24-13-15-25(38)16-14-24)43(34)20-18-28(44)21-29(45)22-31(46)47;1-23(2)34-33(36(46)40-26-9-5-3-6-10-26)32(30-17-19-39-37(42-30)41-27-11-7-4-8-12-27)35(24-13-15-25(38)16-14-24)43(34)20-18-29-21-28(44)22-31(45)47-29/h3-17,19,23,28-29,44-45H,18,20-22H2,1-2H3,(H,40,48)(H,46,47)(H,39,41,42);3-17,19,23,28-29,44H,18,20-22H2,1-2H3,(H,40,46)(H,39,41,42)/t2*28-,29-/m11/s1. The topological polar surface area (TPSA) is 268 Å². The Morgan fingerprint density at radius 1 is 0.568 bits per heavy atom. The number of carbonyl (C=O) groups is 4. The number of cyclic esters (lactones) is 1. The molecule has 2 amide bonds. The van der Waals surface area contributed by atoms with Crippen molar-refractivity contribution in [3.8, 4) is 45.0 Å². The molecule has 8 N–H and O–H groups in total. The average Bonchev–Trinajstić information content (AvgIpc) is 1.60. The van der Waals surface area contributed by atoms with Crippen molar-refractivity contribution in [1.29, 1.82) is 0 Å². The lowest BCUT2D eigenvalue weighted by Crippen LogP contribution is -2.33. The molecular weight excluding hydrogens is 1210 g/mol. The Morgan fingerprint density at radius 3 is 1.38 bits per heavy atom. The van der Waals surface area contributed by atoms with Crippen LogP contribution in [0.2, 0.25) is 0 Å². The summed E-state index contributed by atoms with van der Waals surface area (Å²) in [7, 11) is 0. The minimum Gasteiger partial charge on any atom is -0.481 e. The van der Waals surface area contributed by atoms with Crippen molar-refractivity contribution < 1.29 is 53.1 Å². The van der Waals surface area contributed by atoms with Gasteiger partial charge in [-0.3, -0.25) is 19.2 Å². The summed E-state index contributed by atoms with van der Waals surface area (Å²) < 4.78 is 38.1. The van der Waals surface area contributed by atoms with E-state index in [9.17, 15) is 43.3 Å². The Kier molecular flexibility index (Phi) is 22.1. The van der Waals surface area contributed by atoms with Crippen molar-refractivity contribution in [2.45, 2.75) is 116 Å². The van der Waals surface area contributed by atoms with Gasteiger partial charge in [-0.2, -0.15) is 0 Å². The molecule has 10 aromatic rings. The number of amides is 2. The van der Waals surface area contributed by atoms with E-state index in [1.807, 2.05) is 146 Å². The summed E-state index contributed by atoms with van der Waals surface area (Å²) in [5, 5.41) is 52.9. The molecule has 488 valence electrons. The molecule has 0 bridgehead atoms. The first-order valence-electron chi connectivity index (χ1n) is 31.4. The summed E-state index contributed by atoms with van der Waals surface area (Å²) in [5.74, 6) is -2.81. The summed E-state index contributed by atoms with van der Waals surface area (Å²) in [5.41, 5.74) is 9.53. The van der Waals surface area contributed by atoms with Gasteiger partial charge in [-0.05, 0) is 145 Å².